The van der Waals surface area contributed by atoms with Crippen LogP contribution in [0.1, 0.15) is 13.3 Å². The number of benzene rings is 1. The molecule has 1 aromatic rings. The molecule has 2 heterocycles. The second kappa shape index (κ2) is 10.1. The predicted molar refractivity (Wildman–Crippen MR) is 108 cm³/mol. The van der Waals surface area contributed by atoms with Crippen molar-refractivity contribution in [2.75, 3.05) is 45.3 Å². The predicted octanol–water partition coefficient (Wildman–Crippen LogP) is 2.10. The highest BCUT2D eigenvalue weighted by Gasteiger charge is 2.31. The second-order valence-electron chi connectivity index (χ2n) is 6.72. The number of carbonyl (C=O) groups is 1. The first-order valence-corrected chi connectivity index (χ1v) is 8.60. The zero-order valence-corrected chi connectivity index (χ0v) is 17.1. The Kier molecular flexibility index (Phi) is 8.80. The first-order valence-electron chi connectivity index (χ1n) is 8.60. The van der Waals surface area contributed by atoms with Crippen LogP contribution in [-0.4, -0.2) is 52.3 Å². The van der Waals surface area contributed by atoms with Crippen LogP contribution in [0.3, 0.4) is 0 Å². The van der Waals surface area contributed by atoms with Gasteiger partial charge in [0.15, 0.2) is 0 Å². The van der Waals surface area contributed by atoms with Gasteiger partial charge in [-0.1, -0.05) is 6.92 Å². The van der Waals surface area contributed by atoms with E-state index in [4.69, 9.17) is 9.47 Å². The zero-order chi connectivity index (χ0) is 17.1. The fraction of sp³-hybridized carbons (Fsp3) is 0.611. The second-order valence-corrected chi connectivity index (χ2v) is 6.72. The van der Waals surface area contributed by atoms with Gasteiger partial charge in [-0.3, -0.25) is 4.79 Å². The fourth-order valence-electron chi connectivity index (χ4n) is 3.30. The van der Waals surface area contributed by atoms with Gasteiger partial charge in [-0.25, -0.2) is 0 Å². The van der Waals surface area contributed by atoms with Gasteiger partial charge in [-0.15, -0.1) is 24.8 Å². The lowest BCUT2D eigenvalue weighted by Gasteiger charge is -2.32. The summed E-state index contributed by atoms with van der Waals surface area (Å²) in [6.07, 6.45) is 0.959. The minimum absolute atomic E-state index is 0. The highest BCUT2D eigenvalue weighted by Crippen LogP contribution is 2.30. The van der Waals surface area contributed by atoms with Gasteiger partial charge < -0.3 is 25.0 Å². The molecule has 1 amide bonds. The highest BCUT2D eigenvalue weighted by molar-refractivity contribution is 5.85. The molecule has 2 saturated heterocycles. The molecule has 0 bridgehead atoms. The summed E-state index contributed by atoms with van der Waals surface area (Å²) in [6, 6.07) is 6.09. The summed E-state index contributed by atoms with van der Waals surface area (Å²) >= 11 is 0. The molecule has 148 valence electrons. The maximum Gasteiger partial charge on any atom is 0.223 e. The molecule has 26 heavy (non-hydrogen) atoms. The molecule has 2 N–H and O–H groups in total. The van der Waals surface area contributed by atoms with Gasteiger partial charge in [-0.2, -0.15) is 0 Å². The van der Waals surface area contributed by atoms with Gasteiger partial charge in [-0.05, 0) is 25.4 Å². The van der Waals surface area contributed by atoms with Crippen LogP contribution in [0.2, 0.25) is 0 Å². The van der Waals surface area contributed by atoms with E-state index in [1.807, 2.05) is 25.1 Å². The van der Waals surface area contributed by atoms with Crippen LogP contribution < -0.4 is 25.0 Å². The van der Waals surface area contributed by atoms with E-state index in [-0.39, 0.29) is 42.7 Å². The van der Waals surface area contributed by atoms with Gasteiger partial charge in [0, 0.05) is 48.9 Å². The van der Waals surface area contributed by atoms with E-state index in [1.54, 1.807) is 14.2 Å². The van der Waals surface area contributed by atoms with Crippen molar-refractivity contribution >= 4 is 36.4 Å². The minimum Gasteiger partial charge on any atom is -0.497 e. The summed E-state index contributed by atoms with van der Waals surface area (Å²) in [6.45, 7) is 5.67. The summed E-state index contributed by atoms with van der Waals surface area (Å²) in [5.74, 6) is 2.30. The number of rotatable bonds is 6. The van der Waals surface area contributed by atoms with Crippen molar-refractivity contribution in [3.05, 3.63) is 18.2 Å². The van der Waals surface area contributed by atoms with Crippen molar-refractivity contribution in [3.63, 3.8) is 0 Å². The standard InChI is InChI=1S/C18H27N3O3.2ClH/c1-12(13-9-19-10-13)18(22)20-14-4-5-21(11-14)15-6-16(23-2)8-17(7-15)24-3;;/h6-8,12-14,19H,4-5,9-11H2,1-3H3,(H,20,22);2*1H. The van der Waals surface area contributed by atoms with Crippen LogP contribution in [0.25, 0.3) is 0 Å². The zero-order valence-electron chi connectivity index (χ0n) is 15.5. The Bertz CT molecular complexity index is 577. The molecular weight excluding hydrogens is 377 g/mol. The number of amides is 1. The average molecular weight is 406 g/mol. The number of halogens is 2. The molecule has 2 unspecified atom stereocenters. The molecule has 2 atom stereocenters. The Morgan fingerprint density at radius 3 is 2.31 bits per heavy atom. The lowest BCUT2D eigenvalue weighted by Crippen LogP contribution is -2.51. The third-order valence-corrected chi connectivity index (χ3v) is 5.17. The van der Waals surface area contributed by atoms with E-state index in [2.05, 4.69) is 15.5 Å². The van der Waals surface area contributed by atoms with Gasteiger partial charge in [0.2, 0.25) is 5.91 Å². The third-order valence-electron chi connectivity index (χ3n) is 5.17. The molecule has 0 spiro atoms. The first kappa shape index (κ1) is 22.7. The van der Waals surface area contributed by atoms with E-state index in [1.165, 1.54) is 0 Å². The Balaban J connectivity index is 0.00000169. The normalized spacial score (nSPS) is 20.3. The number of methoxy groups -OCH3 is 2. The Hall–Kier alpha value is -1.37. The van der Waals surface area contributed by atoms with Crippen molar-refractivity contribution in [2.24, 2.45) is 11.8 Å². The van der Waals surface area contributed by atoms with Crippen LogP contribution in [0.15, 0.2) is 18.2 Å². The van der Waals surface area contributed by atoms with Crippen LogP contribution in [0, 0.1) is 11.8 Å². The van der Waals surface area contributed by atoms with Gasteiger partial charge in [0.25, 0.3) is 0 Å². The first-order chi connectivity index (χ1) is 11.6. The van der Waals surface area contributed by atoms with Crippen LogP contribution >= 0.6 is 24.8 Å². The van der Waals surface area contributed by atoms with E-state index in [0.29, 0.717) is 5.92 Å². The Morgan fingerprint density at radius 1 is 1.19 bits per heavy atom. The van der Waals surface area contributed by atoms with Crippen molar-refractivity contribution in [1.82, 2.24) is 10.6 Å². The summed E-state index contributed by atoms with van der Waals surface area (Å²) < 4.78 is 10.7. The van der Waals surface area contributed by atoms with E-state index >= 15 is 0 Å². The highest BCUT2D eigenvalue weighted by atomic mass is 35.5. The van der Waals surface area contributed by atoms with E-state index < -0.39 is 0 Å². The molecule has 0 aromatic heterocycles. The summed E-state index contributed by atoms with van der Waals surface area (Å²) in [5.41, 5.74) is 1.07. The average Bonchev–Trinajstić information content (AvgIpc) is 3.01. The number of carbonyl (C=O) groups excluding carboxylic acids is 1. The van der Waals surface area contributed by atoms with E-state index in [9.17, 15) is 4.79 Å². The molecule has 3 rings (SSSR count). The van der Waals surface area contributed by atoms with Gasteiger partial charge in [0.1, 0.15) is 11.5 Å². The number of anilines is 1. The molecule has 1 aromatic carbocycles. The Labute approximate surface area is 167 Å². The number of hydrogen-bond donors (Lipinski definition) is 2. The monoisotopic (exact) mass is 405 g/mol. The van der Waals surface area contributed by atoms with Crippen LogP contribution in [0.4, 0.5) is 5.69 Å². The summed E-state index contributed by atoms with van der Waals surface area (Å²) in [5, 5.41) is 6.44. The molecule has 0 aliphatic carbocycles. The molecular formula is C18H29Cl2N3O3. The van der Waals surface area contributed by atoms with Crippen molar-refractivity contribution < 1.29 is 14.3 Å². The lowest BCUT2D eigenvalue weighted by atomic mass is 9.88. The minimum atomic E-state index is 0. The summed E-state index contributed by atoms with van der Waals surface area (Å²) in [7, 11) is 3.31. The summed E-state index contributed by atoms with van der Waals surface area (Å²) in [4.78, 5) is 14.6. The molecule has 0 radical (unpaired) electrons. The number of nitrogens with one attached hydrogen (secondary N) is 2. The Morgan fingerprint density at radius 2 is 1.81 bits per heavy atom. The lowest BCUT2D eigenvalue weighted by molar-refractivity contribution is -0.127. The number of ether oxygens (including phenoxy) is 2. The largest absolute Gasteiger partial charge is 0.497 e. The van der Waals surface area contributed by atoms with Crippen LogP contribution in [-0.2, 0) is 4.79 Å². The van der Waals surface area contributed by atoms with Gasteiger partial charge >= 0.3 is 0 Å². The fourth-order valence-corrected chi connectivity index (χ4v) is 3.30. The third kappa shape index (κ3) is 5.09. The van der Waals surface area contributed by atoms with E-state index in [0.717, 1.165) is 49.8 Å². The topological polar surface area (TPSA) is 62.8 Å². The molecule has 0 saturated carbocycles. The number of nitrogens with zero attached hydrogens (tertiary/aromatic N) is 1. The smallest absolute Gasteiger partial charge is 0.223 e. The van der Waals surface area contributed by atoms with Crippen molar-refractivity contribution in [2.45, 2.75) is 19.4 Å². The van der Waals surface area contributed by atoms with Crippen molar-refractivity contribution in [1.29, 1.82) is 0 Å². The number of hydrogen-bond acceptors (Lipinski definition) is 5. The van der Waals surface area contributed by atoms with Gasteiger partial charge in [0.05, 0.1) is 14.2 Å². The molecule has 6 nitrogen and oxygen atoms in total. The quantitative estimate of drug-likeness (QED) is 0.758. The maximum absolute atomic E-state index is 12.4. The van der Waals surface area contributed by atoms with Crippen LogP contribution in [0.5, 0.6) is 11.5 Å². The molecule has 2 fully saturated rings. The molecule has 8 heteroatoms. The maximum atomic E-state index is 12.4. The van der Waals surface area contributed by atoms with Crippen molar-refractivity contribution in [3.8, 4) is 11.5 Å². The molecule has 2 aliphatic rings. The molecule has 2 aliphatic heterocycles. The SMILES string of the molecule is COc1cc(OC)cc(N2CCC(NC(=O)C(C)C3CNC3)C2)c1.Cl.Cl.